The molecule has 2 aromatic carbocycles. The van der Waals surface area contributed by atoms with Gasteiger partial charge in [-0.2, -0.15) is 0 Å². The van der Waals surface area contributed by atoms with Gasteiger partial charge in [0.05, 0.1) is 10.2 Å². The molecule has 0 spiro atoms. The van der Waals surface area contributed by atoms with Crippen molar-refractivity contribution in [2.45, 2.75) is 6.54 Å². The smallest absolute Gasteiger partial charge is 0.149 e. The average molecular weight is 367 g/mol. The van der Waals surface area contributed by atoms with E-state index in [2.05, 4.69) is 21.2 Å². The molecule has 0 aromatic heterocycles. The van der Waals surface area contributed by atoms with Crippen LogP contribution in [0.5, 0.6) is 0 Å². The molecule has 2 aromatic rings. The standard InChI is InChI=1S/C13H8BrCl2F2N/c14-8-4-13(12(18)5-11(8)17)19-6-7-9(15)2-1-3-10(7)16/h1-5,19H,6H2. The Balaban J connectivity index is 2.22. The van der Waals surface area contributed by atoms with Gasteiger partial charge in [0.25, 0.3) is 0 Å². The lowest BCUT2D eigenvalue weighted by Crippen LogP contribution is -2.03. The number of anilines is 1. The Kier molecular flexibility index (Phi) is 4.66. The molecule has 2 rings (SSSR count). The highest BCUT2D eigenvalue weighted by Gasteiger charge is 2.10. The Morgan fingerprint density at radius 3 is 2.32 bits per heavy atom. The van der Waals surface area contributed by atoms with Gasteiger partial charge in [0.2, 0.25) is 0 Å². The molecular weight excluding hydrogens is 359 g/mol. The van der Waals surface area contributed by atoms with Crippen LogP contribution < -0.4 is 5.32 Å². The molecule has 100 valence electrons. The maximum atomic E-state index is 13.5. The van der Waals surface area contributed by atoms with Gasteiger partial charge < -0.3 is 5.32 Å². The van der Waals surface area contributed by atoms with Gasteiger partial charge in [-0.1, -0.05) is 29.3 Å². The number of hydrogen-bond acceptors (Lipinski definition) is 1. The minimum absolute atomic E-state index is 0.171. The van der Waals surface area contributed by atoms with Gasteiger partial charge in [-0.05, 0) is 34.1 Å². The second kappa shape index (κ2) is 6.07. The van der Waals surface area contributed by atoms with Crippen molar-refractivity contribution in [3.05, 3.63) is 62.0 Å². The number of halogens is 5. The first kappa shape index (κ1) is 14.6. The Labute approximate surface area is 127 Å². The summed E-state index contributed by atoms with van der Waals surface area (Å²) in [5, 5.41) is 3.81. The fourth-order valence-corrected chi connectivity index (χ4v) is 2.42. The van der Waals surface area contributed by atoms with Gasteiger partial charge in [-0.25, -0.2) is 8.78 Å². The van der Waals surface area contributed by atoms with E-state index in [1.165, 1.54) is 6.07 Å². The predicted octanol–water partition coefficient (Wildman–Crippen LogP) is 5.65. The van der Waals surface area contributed by atoms with E-state index in [0.717, 1.165) is 6.07 Å². The highest BCUT2D eigenvalue weighted by Crippen LogP contribution is 2.27. The molecule has 0 bridgehead atoms. The summed E-state index contributed by atoms with van der Waals surface area (Å²) in [6.07, 6.45) is 0. The van der Waals surface area contributed by atoms with Gasteiger partial charge in [0.1, 0.15) is 11.6 Å². The van der Waals surface area contributed by atoms with Crippen LogP contribution >= 0.6 is 39.1 Å². The van der Waals surface area contributed by atoms with Crippen molar-refractivity contribution < 1.29 is 8.78 Å². The van der Waals surface area contributed by atoms with Gasteiger partial charge in [0.15, 0.2) is 0 Å². The molecule has 6 heteroatoms. The van der Waals surface area contributed by atoms with Crippen molar-refractivity contribution >= 4 is 44.8 Å². The first-order valence-corrected chi connectivity index (χ1v) is 6.85. The van der Waals surface area contributed by atoms with Crippen LogP contribution in [0.15, 0.2) is 34.8 Å². The fraction of sp³-hybridized carbons (Fsp3) is 0.0769. The van der Waals surface area contributed by atoms with Crippen molar-refractivity contribution in [2.75, 3.05) is 5.32 Å². The topological polar surface area (TPSA) is 12.0 Å². The van der Waals surface area contributed by atoms with Crippen LogP contribution in [0, 0.1) is 11.6 Å². The Bertz CT molecular complexity index is 600. The predicted molar refractivity (Wildman–Crippen MR) is 77.8 cm³/mol. The van der Waals surface area contributed by atoms with Crippen LogP contribution in [0.25, 0.3) is 0 Å². The molecule has 19 heavy (non-hydrogen) atoms. The molecular formula is C13H8BrCl2F2N. The third kappa shape index (κ3) is 3.38. The number of rotatable bonds is 3. The minimum Gasteiger partial charge on any atom is -0.378 e. The largest absolute Gasteiger partial charge is 0.378 e. The van der Waals surface area contributed by atoms with Crippen LogP contribution in [0.4, 0.5) is 14.5 Å². The minimum atomic E-state index is -0.677. The molecule has 0 radical (unpaired) electrons. The summed E-state index contributed by atoms with van der Waals surface area (Å²) in [6.45, 7) is 0.244. The van der Waals surface area contributed by atoms with Crippen LogP contribution in [-0.2, 0) is 6.54 Å². The zero-order valence-electron chi connectivity index (χ0n) is 9.48. The highest BCUT2D eigenvalue weighted by atomic mass is 79.9. The zero-order valence-corrected chi connectivity index (χ0v) is 12.6. The fourth-order valence-electron chi connectivity index (χ4n) is 1.54. The summed E-state index contributed by atoms with van der Waals surface area (Å²) in [5.41, 5.74) is 0.829. The summed E-state index contributed by atoms with van der Waals surface area (Å²) in [4.78, 5) is 0. The summed E-state index contributed by atoms with van der Waals surface area (Å²) in [5.74, 6) is -1.33. The number of hydrogen-bond donors (Lipinski definition) is 1. The van der Waals surface area contributed by atoms with Crippen molar-refractivity contribution in [1.29, 1.82) is 0 Å². The van der Waals surface area contributed by atoms with Crippen molar-refractivity contribution in [3.8, 4) is 0 Å². The molecule has 0 amide bonds. The quantitative estimate of drug-likeness (QED) is 0.692. The van der Waals surface area contributed by atoms with Crippen LogP contribution in [0.2, 0.25) is 10.0 Å². The van der Waals surface area contributed by atoms with Crippen molar-refractivity contribution in [1.82, 2.24) is 0 Å². The summed E-state index contributed by atoms with van der Waals surface area (Å²) >= 11 is 15.0. The van der Waals surface area contributed by atoms with Crippen LogP contribution in [-0.4, -0.2) is 0 Å². The van der Waals surface area contributed by atoms with Crippen LogP contribution in [0.3, 0.4) is 0 Å². The third-order valence-electron chi connectivity index (χ3n) is 2.53. The van der Waals surface area contributed by atoms with E-state index < -0.39 is 11.6 Å². The van der Waals surface area contributed by atoms with E-state index in [-0.39, 0.29) is 16.7 Å². The summed E-state index contributed by atoms with van der Waals surface area (Å²) < 4.78 is 26.8. The first-order chi connectivity index (χ1) is 8.99. The molecule has 0 heterocycles. The maximum absolute atomic E-state index is 13.5. The van der Waals surface area contributed by atoms with E-state index in [1.807, 2.05) is 0 Å². The van der Waals surface area contributed by atoms with Crippen molar-refractivity contribution in [2.24, 2.45) is 0 Å². The highest BCUT2D eigenvalue weighted by molar-refractivity contribution is 9.10. The van der Waals surface area contributed by atoms with E-state index in [4.69, 9.17) is 23.2 Å². The van der Waals surface area contributed by atoms with E-state index in [9.17, 15) is 8.78 Å². The lowest BCUT2D eigenvalue weighted by atomic mass is 10.2. The molecule has 0 aliphatic rings. The number of nitrogens with one attached hydrogen (secondary N) is 1. The van der Waals surface area contributed by atoms with E-state index in [1.54, 1.807) is 18.2 Å². The molecule has 0 fully saturated rings. The van der Waals surface area contributed by atoms with Gasteiger partial charge in [-0.15, -0.1) is 0 Å². The Hall–Kier alpha value is -0.840. The van der Waals surface area contributed by atoms with E-state index >= 15 is 0 Å². The lowest BCUT2D eigenvalue weighted by molar-refractivity contribution is 0.580. The Morgan fingerprint density at radius 1 is 1.05 bits per heavy atom. The second-order valence-electron chi connectivity index (χ2n) is 3.80. The molecule has 0 aliphatic carbocycles. The molecule has 0 saturated carbocycles. The third-order valence-corrected chi connectivity index (χ3v) is 3.84. The second-order valence-corrected chi connectivity index (χ2v) is 5.47. The first-order valence-electron chi connectivity index (χ1n) is 5.30. The summed E-state index contributed by atoms with van der Waals surface area (Å²) in [6, 6.07) is 7.25. The SMILES string of the molecule is Fc1cc(F)c(NCc2c(Cl)cccc2Cl)cc1Br. The summed E-state index contributed by atoms with van der Waals surface area (Å²) in [7, 11) is 0. The van der Waals surface area contributed by atoms with Gasteiger partial charge >= 0.3 is 0 Å². The normalized spacial score (nSPS) is 10.6. The Morgan fingerprint density at radius 2 is 1.68 bits per heavy atom. The molecule has 0 saturated heterocycles. The number of benzene rings is 2. The van der Waals surface area contributed by atoms with E-state index in [0.29, 0.717) is 15.6 Å². The zero-order chi connectivity index (χ0) is 14.0. The molecule has 1 N–H and O–H groups in total. The molecule has 0 unspecified atom stereocenters. The monoisotopic (exact) mass is 365 g/mol. The molecule has 0 atom stereocenters. The molecule has 0 aliphatic heterocycles. The molecule has 1 nitrogen and oxygen atoms in total. The van der Waals surface area contributed by atoms with Gasteiger partial charge in [0, 0.05) is 28.2 Å². The van der Waals surface area contributed by atoms with Crippen molar-refractivity contribution in [3.63, 3.8) is 0 Å². The lowest BCUT2D eigenvalue weighted by Gasteiger charge is -2.11. The maximum Gasteiger partial charge on any atom is 0.149 e. The van der Waals surface area contributed by atoms with Gasteiger partial charge in [-0.3, -0.25) is 0 Å². The average Bonchev–Trinajstić information content (AvgIpc) is 2.34. The van der Waals surface area contributed by atoms with Crippen LogP contribution in [0.1, 0.15) is 5.56 Å².